The van der Waals surface area contributed by atoms with Gasteiger partial charge in [-0.2, -0.15) is 0 Å². The van der Waals surface area contributed by atoms with E-state index in [4.69, 9.17) is 4.42 Å². The van der Waals surface area contributed by atoms with E-state index in [1.54, 1.807) is 17.7 Å². The number of fused-ring (bicyclic) bond motifs is 1. The summed E-state index contributed by atoms with van der Waals surface area (Å²) in [5.74, 6) is 2.31. The first kappa shape index (κ1) is 12.6. The van der Waals surface area contributed by atoms with Gasteiger partial charge in [0, 0.05) is 0 Å². The lowest BCUT2D eigenvalue weighted by molar-refractivity contribution is 0.478. The second kappa shape index (κ2) is 4.90. The van der Waals surface area contributed by atoms with Crippen LogP contribution in [0, 0.1) is 13.8 Å². The molecule has 0 amide bonds. The number of oxazole rings is 1. The van der Waals surface area contributed by atoms with Crippen LogP contribution in [0.1, 0.15) is 17.3 Å². The van der Waals surface area contributed by atoms with E-state index < -0.39 is 0 Å². The Balaban J connectivity index is 1.85. The van der Waals surface area contributed by atoms with Crippen LogP contribution in [0.25, 0.3) is 10.2 Å². The smallest absolute Gasteiger partial charge is 0.213 e. The summed E-state index contributed by atoms with van der Waals surface area (Å²) in [7, 11) is 0. The summed E-state index contributed by atoms with van der Waals surface area (Å²) >= 11 is 5.06. The van der Waals surface area contributed by atoms with Crippen molar-refractivity contribution in [2.45, 2.75) is 20.4 Å². The zero-order chi connectivity index (χ0) is 13.4. The Morgan fingerprint density at radius 3 is 2.95 bits per heavy atom. The molecule has 7 heteroatoms. The number of thiophene rings is 1. The van der Waals surface area contributed by atoms with Crippen LogP contribution in [0.15, 0.2) is 20.6 Å². The molecule has 0 saturated carbocycles. The number of rotatable bonds is 3. The molecule has 0 radical (unpaired) electrons. The predicted molar refractivity (Wildman–Crippen MR) is 78.4 cm³/mol. The van der Waals surface area contributed by atoms with Crippen LogP contribution in [0.3, 0.4) is 0 Å². The highest BCUT2D eigenvalue weighted by atomic mass is 79.9. The molecule has 0 saturated heterocycles. The quantitative estimate of drug-likeness (QED) is 0.789. The maximum atomic E-state index is 5.53. The average molecular weight is 339 g/mol. The summed E-state index contributed by atoms with van der Waals surface area (Å²) in [4.78, 5) is 12.8. The average Bonchev–Trinajstić information content (AvgIpc) is 2.89. The highest BCUT2D eigenvalue weighted by molar-refractivity contribution is 9.11. The molecule has 5 nitrogen and oxygen atoms in total. The highest BCUT2D eigenvalue weighted by Crippen LogP contribution is 2.32. The van der Waals surface area contributed by atoms with Crippen LogP contribution >= 0.6 is 27.3 Å². The van der Waals surface area contributed by atoms with Crippen LogP contribution < -0.4 is 5.32 Å². The minimum Gasteiger partial charge on any atom is -0.444 e. The van der Waals surface area contributed by atoms with Gasteiger partial charge in [-0.15, -0.1) is 11.3 Å². The van der Waals surface area contributed by atoms with Crippen molar-refractivity contribution in [3.63, 3.8) is 0 Å². The van der Waals surface area contributed by atoms with Gasteiger partial charge < -0.3 is 9.73 Å². The summed E-state index contributed by atoms with van der Waals surface area (Å²) in [6.07, 6.45) is 1.55. The molecule has 0 aliphatic rings. The summed E-state index contributed by atoms with van der Waals surface area (Å²) < 4.78 is 7.59. The van der Waals surface area contributed by atoms with E-state index in [0.29, 0.717) is 12.4 Å². The van der Waals surface area contributed by atoms with Crippen molar-refractivity contribution >= 4 is 43.3 Å². The first-order valence-corrected chi connectivity index (χ1v) is 7.31. The number of hydrogen-bond donors (Lipinski definition) is 1. The first-order chi connectivity index (χ1) is 9.13. The van der Waals surface area contributed by atoms with Gasteiger partial charge in [-0.1, -0.05) is 0 Å². The number of nitrogens with one attached hydrogen (secondary N) is 1. The molecule has 3 heterocycles. The lowest BCUT2D eigenvalue weighted by Gasteiger charge is -2.02. The summed E-state index contributed by atoms with van der Waals surface area (Å²) in [5.41, 5.74) is 1.85. The maximum absolute atomic E-state index is 5.53. The van der Waals surface area contributed by atoms with Crippen LogP contribution in [-0.2, 0) is 6.54 Å². The van der Waals surface area contributed by atoms with Crippen LogP contribution in [0.5, 0.6) is 0 Å². The number of aryl methyl sites for hydroxylation is 2. The second-order valence-corrected chi connectivity index (χ2v) is 6.52. The van der Waals surface area contributed by atoms with Crippen molar-refractivity contribution in [2.24, 2.45) is 0 Å². The third kappa shape index (κ3) is 2.48. The fraction of sp³-hybridized carbons (Fsp3) is 0.250. The molecule has 0 aliphatic heterocycles. The largest absolute Gasteiger partial charge is 0.444 e. The third-order valence-corrected chi connectivity index (χ3v) is 4.40. The normalized spacial score (nSPS) is 11.1. The minimum absolute atomic E-state index is 0.510. The van der Waals surface area contributed by atoms with Crippen molar-refractivity contribution in [3.8, 4) is 0 Å². The Kier molecular flexibility index (Phi) is 3.24. The molecule has 0 unspecified atom stereocenters. The van der Waals surface area contributed by atoms with Gasteiger partial charge in [0.1, 0.15) is 17.9 Å². The van der Waals surface area contributed by atoms with Gasteiger partial charge in [-0.3, -0.25) is 0 Å². The topological polar surface area (TPSA) is 63.8 Å². The molecule has 1 N–H and O–H groups in total. The fourth-order valence-electron chi connectivity index (χ4n) is 1.73. The Morgan fingerprint density at radius 2 is 2.21 bits per heavy atom. The zero-order valence-corrected chi connectivity index (χ0v) is 12.8. The van der Waals surface area contributed by atoms with Gasteiger partial charge in [0.05, 0.1) is 26.2 Å². The molecule has 0 fully saturated rings. The second-order valence-electron chi connectivity index (χ2n) is 4.09. The SMILES string of the molecule is Cc1nc(CNc2ncnc3cc(Br)sc23)oc1C. The predicted octanol–water partition coefficient (Wildman–Crippen LogP) is 3.67. The molecular formula is C12H11BrN4OS. The molecular weight excluding hydrogens is 328 g/mol. The molecule has 0 spiro atoms. The van der Waals surface area contributed by atoms with Gasteiger partial charge in [-0.05, 0) is 35.8 Å². The van der Waals surface area contributed by atoms with E-state index in [2.05, 4.69) is 36.2 Å². The molecule has 3 rings (SSSR count). The van der Waals surface area contributed by atoms with Gasteiger partial charge in [-0.25, -0.2) is 15.0 Å². The Hall–Kier alpha value is -1.47. The van der Waals surface area contributed by atoms with Crippen molar-refractivity contribution in [1.29, 1.82) is 0 Å². The standard InChI is InChI=1S/C12H11BrN4OS/c1-6-7(2)18-10(17-6)4-14-12-11-8(15-5-16-12)3-9(13)19-11/h3,5H,4H2,1-2H3,(H,14,15,16). The molecule has 0 bridgehead atoms. The number of anilines is 1. The minimum atomic E-state index is 0.510. The summed E-state index contributed by atoms with van der Waals surface area (Å²) in [6.45, 7) is 4.35. The number of hydrogen-bond acceptors (Lipinski definition) is 6. The molecule has 19 heavy (non-hydrogen) atoms. The van der Waals surface area contributed by atoms with Gasteiger partial charge in [0.15, 0.2) is 0 Å². The van der Waals surface area contributed by atoms with Crippen molar-refractivity contribution < 1.29 is 4.42 Å². The number of nitrogens with zero attached hydrogens (tertiary/aromatic N) is 3. The van der Waals surface area contributed by atoms with E-state index in [1.165, 1.54) is 0 Å². The monoisotopic (exact) mass is 338 g/mol. The first-order valence-electron chi connectivity index (χ1n) is 5.70. The van der Waals surface area contributed by atoms with Crippen molar-refractivity contribution in [2.75, 3.05) is 5.32 Å². The molecule has 3 aromatic rings. The molecule has 3 aromatic heterocycles. The summed E-state index contributed by atoms with van der Waals surface area (Å²) in [5, 5.41) is 3.24. The van der Waals surface area contributed by atoms with E-state index in [9.17, 15) is 0 Å². The zero-order valence-electron chi connectivity index (χ0n) is 10.4. The van der Waals surface area contributed by atoms with Gasteiger partial charge in [0.2, 0.25) is 5.89 Å². The van der Waals surface area contributed by atoms with Crippen molar-refractivity contribution in [3.05, 3.63) is 33.5 Å². The van der Waals surface area contributed by atoms with E-state index in [0.717, 1.165) is 31.3 Å². The van der Waals surface area contributed by atoms with E-state index >= 15 is 0 Å². The lowest BCUT2D eigenvalue weighted by Crippen LogP contribution is -2.02. The number of aromatic nitrogens is 3. The number of halogens is 1. The third-order valence-electron chi connectivity index (χ3n) is 2.76. The van der Waals surface area contributed by atoms with Crippen LogP contribution in [0.4, 0.5) is 5.82 Å². The molecule has 0 aliphatic carbocycles. The summed E-state index contributed by atoms with van der Waals surface area (Å²) in [6, 6.07) is 1.98. The van der Waals surface area contributed by atoms with Gasteiger partial charge >= 0.3 is 0 Å². The Bertz CT molecular complexity index is 717. The Labute approximate surface area is 122 Å². The van der Waals surface area contributed by atoms with Crippen LogP contribution in [-0.4, -0.2) is 15.0 Å². The van der Waals surface area contributed by atoms with E-state index in [-0.39, 0.29) is 0 Å². The highest BCUT2D eigenvalue weighted by Gasteiger charge is 2.09. The van der Waals surface area contributed by atoms with Crippen molar-refractivity contribution in [1.82, 2.24) is 15.0 Å². The van der Waals surface area contributed by atoms with E-state index in [1.807, 2.05) is 19.9 Å². The lowest BCUT2D eigenvalue weighted by atomic mass is 10.4. The maximum Gasteiger partial charge on any atom is 0.213 e. The van der Waals surface area contributed by atoms with Gasteiger partial charge in [0.25, 0.3) is 0 Å². The van der Waals surface area contributed by atoms with Crippen LogP contribution in [0.2, 0.25) is 0 Å². The molecule has 0 aromatic carbocycles. The fourth-order valence-corrected chi connectivity index (χ4v) is 3.23. The Morgan fingerprint density at radius 1 is 1.37 bits per heavy atom. The molecule has 98 valence electrons. The molecule has 0 atom stereocenters.